The predicted octanol–water partition coefficient (Wildman–Crippen LogP) is 2.65. The molecule has 0 unspecified atom stereocenters. The maximum atomic E-state index is 12.3. The van der Waals surface area contributed by atoms with Crippen LogP contribution in [0.5, 0.6) is 0 Å². The summed E-state index contributed by atoms with van der Waals surface area (Å²) in [6.07, 6.45) is 0.271. The second kappa shape index (κ2) is 6.66. The molecule has 0 aromatic heterocycles. The Morgan fingerprint density at radius 1 is 1.04 bits per heavy atom. The van der Waals surface area contributed by atoms with E-state index in [4.69, 9.17) is 0 Å². The van der Waals surface area contributed by atoms with Crippen LogP contribution < -0.4 is 10.6 Å². The Hall–Kier alpha value is -2.95. The quantitative estimate of drug-likeness (QED) is 0.892. The lowest BCUT2D eigenvalue weighted by Crippen LogP contribution is -2.47. The van der Waals surface area contributed by atoms with E-state index in [2.05, 4.69) is 15.6 Å². The van der Waals surface area contributed by atoms with Crippen molar-refractivity contribution in [1.82, 2.24) is 10.6 Å². The topological polar surface area (TPSA) is 70.6 Å². The lowest BCUT2D eigenvalue weighted by molar-refractivity contribution is -0.120. The number of amides is 2. The molecule has 0 bridgehead atoms. The average Bonchev–Trinajstić information content (AvgIpc) is 2.55. The number of rotatable bonds is 2. The first-order chi connectivity index (χ1) is 11.5. The zero-order valence-corrected chi connectivity index (χ0v) is 13.7. The minimum Gasteiger partial charge on any atom is -0.296 e. The Morgan fingerprint density at radius 3 is 2.25 bits per heavy atom. The Labute approximate surface area is 140 Å². The largest absolute Gasteiger partial charge is 0.296 e. The minimum atomic E-state index is -0.293. The summed E-state index contributed by atoms with van der Waals surface area (Å²) < 4.78 is 0. The highest BCUT2D eigenvalue weighted by atomic mass is 16.2. The van der Waals surface area contributed by atoms with E-state index in [1.807, 2.05) is 50.2 Å². The molecule has 122 valence electrons. The summed E-state index contributed by atoms with van der Waals surface area (Å²) in [5.41, 5.74) is 3.71. The smallest absolute Gasteiger partial charge is 0.257 e. The summed E-state index contributed by atoms with van der Waals surface area (Å²) >= 11 is 0. The molecule has 0 aliphatic carbocycles. The van der Waals surface area contributed by atoms with Gasteiger partial charge in [0.25, 0.3) is 5.91 Å². The maximum Gasteiger partial charge on any atom is 0.257 e. The number of aliphatic imine (C=N–C) groups is 1. The van der Waals surface area contributed by atoms with Crippen LogP contribution in [0.2, 0.25) is 0 Å². The molecule has 0 radical (unpaired) electrons. The summed E-state index contributed by atoms with van der Waals surface area (Å²) in [6.45, 7) is 3.97. The molecular weight excluding hydrogens is 302 g/mol. The Balaban J connectivity index is 1.78. The zero-order valence-electron chi connectivity index (χ0n) is 13.7. The summed E-state index contributed by atoms with van der Waals surface area (Å²) in [5.74, 6) is -0.254. The Kier molecular flexibility index (Phi) is 4.42. The minimum absolute atomic E-state index is 0.158. The van der Waals surface area contributed by atoms with Gasteiger partial charge in [0.2, 0.25) is 11.9 Å². The highest BCUT2D eigenvalue weighted by molar-refractivity contribution is 6.10. The molecule has 5 heteroatoms. The summed E-state index contributed by atoms with van der Waals surface area (Å²) in [6, 6.07) is 14.8. The average molecular weight is 321 g/mol. The van der Waals surface area contributed by atoms with E-state index >= 15 is 0 Å². The summed E-state index contributed by atoms with van der Waals surface area (Å²) in [4.78, 5) is 28.7. The molecule has 0 fully saturated rings. The van der Waals surface area contributed by atoms with Crippen molar-refractivity contribution in [3.63, 3.8) is 0 Å². The first-order valence-electron chi connectivity index (χ1n) is 7.83. The van der Waals surface area contributed by atoms with Gasteiger partial charge in [-0.05, 0) is 31.5 Å². The molecule has 2 aromatic carbocycles. The van der Waals surface area contributed by atoms with E-state index in [1.54, 1.807) is 12.1 Å². The number of nitrogens with zero attached hydrogens (tertiary/aromatic N) is 1. The number of benzene rings is 2. The van der Waals surface area contributed by atoms with Crippen molar-refractivity contribution < 1.29 is 9.59 Å². The fraction of sp³-hybridized carbons (Fsp3) is 0.211. The fourth-order valence-electron chi connectivity index (χ4n) is 2.52. The van der Waals surface area contributed by atoms with E-state index in [-0.39, 0.29) is 30.2 Å². The molecular formula is C19H19N3O2. The van der Waals surface area contributed by atoms with E-state index in [1.165, 1.54) is 0 Å². The third-order valence-electron chi connectivity index (χ3n) is 3.93. The second-order valence-electron chi connectivity index (χ2n) is 5.98. The predicted molar refractivity (Wildman–Crippen MR) is 92.8 cm³/mol. The van der Waals surface area contributed by atoms with Crippen LogP contribution >= 0.6 is 0 Å². The normalized spacial score (nSPS) is 17.0. The number of carbonyl (C=O) groups excluding carboxylic acids is 2. The highest BCUT2D eigenvalue weighted by Gasteiger charge is 2.23. The van der Waals surface area contributed by atoms with Crippen molar-refractivity contribution in [2.24, 2.45) is 4.99 Å². The van der Waals surface area contributed by atoms with Crippen LogP contribution in [0, 0.1) is 13.8 Å². The van der Waals surface area contributed by atoms with Crippen molar-refractivity contribution in [1.29, 1.82) is 0 Å². The maximum absolute atomic E-state index is 12.3. The molecule has 1 aliphatic heterocycles. The van der Waals surface area contributed by atoms with Gasteiger partial charge in [-0.1, -0.05) is 47.5 Å². The third kappa shape index (κ3) is 3.68. The SMILES string of the molecule is Cc1ccc(C(=O)NC2=N[C@H](c3ccc(C)cc3)CC(=O)N2)cc1. The standard InChI is InChI=1S/C19H19N3O2/c1-12-3-7-14(8-4-12)16-11-17(23)21-19(20-16)22-18(24)15-9-5-13(2)6-10-15/h3-10,16H,11H2,1-2H3,(H2,20,21,22,23,24)/t16-/m0/s1. The molecule has 1 heterocycles. The van der Waals surface area contributed by atoms with E-state index in [0.717, 1.165) is 16.7 Å². The van der Waals surface area contributed by atoms with Gasteiger partial charge < -0.3 is 0 Å². The van der Waals surface area contributed by atoms with Gasteiger partial charge in [0, 0.05) is 5.56 Å². The third-order valence-corrected chi connectivity index (χ3v) is 3.93. The zero-order chi connectivity index (χ0) is 17.1. The lowest BCUT2D eigenvalue weighted by atomic mass is 10.0. The van der Waals surface area contributed by atoms with Gasteiger partial charge in [0.1, 0.15) is 0 Å². The van der Waals surface area contributed by atoms with Gasteiger partial charge in [-0.25, -0.2) is 4.99 Å². The number of nitrogens with one attached hydrogen (secondary N) is 2. The molecule has 5 nitrogen and oxygen atoms in total. The van der Waals surface area contributed by atoms with Gasteiger partial charge >= 0.3 is 0 Å². The van der Waals surface area contributed by atoms with Crippen molar-refractivity contribution >= 4 is 17.8 Å². The number of hydrogen-bond donors (Lipinski definition) is 2. The monoisotopic (exact) mass is 321 g/mol. The van der Waals surface area contributed by atoms with Crippen molar-refractivity contribution in [2.75, 3.05) is 0 Å². The van der Waals surface area contributed by atoms with Crippen LogP contribution in [0.4, 0.5) is 0 Å². The summed E-state index contributed by atoms with van der Waals surface area (Å²) in [5, 5.41) is 5.29. The second-order valence-corrected chi connectivity index (χ2v) is 5.98. The van der Waals surface area contributed by atoms with Gasteiger partial charge in [0.15, 0.2) is 0 Å². The van der Waals surface area contributed by atoms with Crippen molar-refractivity contribution in [3.05, 3.63) is 70.8 Å². The highest BCUT2D eigenvalue weighted by Crippen LogP contribution is 2.23. The summed E-state index contributed by atoms with van der Waals surface area (Å²) in [7, 11) is 0. The molecule has 0 spiro atoms. The first-order valence-corrected chi connectivity index (χ1v) is 7.83. The molecule has 0 saturated heterocycles. The fourth-order valence-corrected chi connectivity index (χ4v) is 2.52. The number of aryl methyl sites for hydroxylation is 2. The number of hydrogen-bond acceptors (Lipinski definition) is 3. The van der Waals surface area contributed by atoms with Crippen LogP contribution in [-0.2, 0) is 4.79 Å². The molecule has 1 aliphatic rings. The molecule has 3 rings (SSSR count). The van der Waals surface area contributed by atoms with Gasteiger partial charge in [-0.3, -0.25) is 20.2 Å². The van der Waals surface area contributed by atoms with Gasteiger partial charge in [0.05, 0.1) is 12.5 Å². The number of guanidine groups is 1. The van der Waals surface area contributed by atoms with Crippen LogP contribution in [0.25, 0.3) is 0 Å². The van der Waals surface area contributed by atoms with Crippen LogP contribution in [-0.4, -0.2) is 17.8 Å². The molecule has 0 saturated carbocycles. The Bertz CT molecular complexity index is 792. The molecule has 1 atom stereocenters. The van der Waals surface area contributed by atoms with Crippen molar-refractivity contribution in [2.45, 2.75) is 26.3 Å². The Morgan fingerprint density at radius 2 is 1.62 bits per heavy atom. The van der Waals surface area contributed by atoms with Gasteiger partial charge in [-0.15, -0.1) is 0 Å². The molecule has 2 amide bonds. The number of carbonyl (C=O) groups is 2. The van der Waals surface area contributed by atoms with Gasteiger partial charge in [-0.2, -0.15) is 0 Å². The molecule has 24 heavy (non-hydrogen) atoms. The molecule has 2 N–H and O–H groups in total. The lowest BCUT2D eigenvalue weighted by Gasteiger charge is -2.21. The van der Waals surface area contributed by atoms with Crippen LogP contribution in [0.3, 0.4) is 0 Å². The first kappa shape index (κ1) is 15.9. The van der Waals surface area contributed by atoms with E-state index in [9.17, 15) is 9.59 Å². The van der Waals surface area contributed by atoms with Crippen LogP contribution in [0.1, 0.15) is 39.5 Å². The van der Waals surface area contributed by atoms with E-state index < -0.39 is 0 Å². The van der Waals surface area contributed by atoms with E-state index in [0.29, 0.717) is 5.56 Å². The van der Waals surface area contributed by atoms with Crippen molar-refractivity contribution in [3.8, 4) is 0 Å². The molecule has 2 aromatic rings. The van der Waals surface area contributed by atoms with Crippen LogP contribution in [0.15, 0.2) is 53.5 Å².